The molecule has 0 amide bonds. The van der Waals surface area contributed by atoms with E-state index in [2.05, 4.69) is 19.2 Å². The molecule has 3 nitrogen and oxygen atoms in total. The summed E-state index contributed by atoms with van der Waals surface area (Å²) in [5.74, 6) is 1.91. The van der Waals surface area contributed by atoms with Gasteiger partial charge in [-0.05, 0) is 31.9 Å². The Morgan fingerprint density at radius 2 is 2.00 bits per heavy atom. The first-order chi connectivity index (χ1) is 7.71. The van der Waals surface area contributed by atoms with Crippen LogP contribution >= 0.6 is 0 Å². The fourth-order valence-electron chi connectivity index (χ4n) is 1.83. The Balaban J connectivity index is 2.66. The minimum absolute atomic E-state index is 0.156. The molecule has 1 aromatic heterocycles. The summed E-state index contributed by atoms with van der Waals surface area (Å²) >= 11 is 0. The predicted octanol–water partition coefficient (Wildman–Crippen LogP) is 3.05. The zero-order chi connectivity index (χ0) is 12.0. The van der Waals surface area contributed by atoms with Crippen LogP contribution in [0.3, 0.4) is 0 Å². The maximum atomic E-state index is 5.65. The summed E-state index contributed by atoms with van der Waals surface area (Å²) in [6.45, 7) is 6.99. The fraction of sp³-hybridized carbons (Fsp3) is 0.692. The zero-order valence-corrected chi connectivity index (χ0v) is 10.7. The molecule has 0 saturated carbocycles. The van der Waals surface area contributed by atoms with Gasteiger partial charge in [-0.15, -0.1) is 0 Å². The monoisotopic (exact) mass is 225 g/mol. The first-order valence-corrected chi connectivity index (χ1v) is 6.02. The van der Waals surface area contributed by atoms with Crippen molar-refractivity contribution in [3.8, 4) is 0 Å². The molecule has 0 spiro atoms. The highest BCUT2D eigenvalue weighted by atomic mass is 16.5. The molecular weight excluding hydrogens is 202 g/mol. The normalized spacial score (nSPS) is 13.3. The standard InChI is InChI=1S/C13H23NO2/c1-5-11(6-2)14-12(9-15-4)13-8-7-10(3)16-13/h7-8,11-12,14H,5-6,9H2,1-4H3. The number of furan rings is 1. The lowest BCUT2D eigenvalue weighted by molar-refractivity contribution is 0.149. The molecule has 16 heavy (non-hydrogen) atoms. The van der Waals surface area contributed by atoms with Crippen molar-refractivity contribution in [3.63, 3.8) is 0 Å². The Kier molecular flexibility index (Phi) is 5.56. The van der Waals surface area contributed by atoms with Crippen molar-refractivity contribution in [2.24, 2.45) is 0 Å². The van der Waals surface area contributed by atoms with Crippen LogP contribution in [0.25, 0.3) is 0 Å². The van der Waals surface area contributed by atoms with Gasteiger partial charge < -0.3 is 14.5 Å². The third kappa shape index (κ3) is 3.65. The molecule has 1 atom stereocenters. The predicted molar refractivity (Wildman–Crippen MR) is 65.6 cm³/mol. The number of rotatable bonds is 7. The second-order valence-electron chi connectivity index (χ2n) is 4.14. The van der Waals surface area contributed by atoms with Crippen LogP contribution in [0.2, 0.25) is 0 Å². The summed E-state index contributed by atoms with van der Waals surface area (Å²) in [5.41, 5.74) is 0. The third-order valence-electron chi connectivity index (χ3n) is 2.86. The molecule has 1 rings (SSSR count). The summed E-state index contributed by atoms with van der Waals surface area (Å²) in [5, 5.41) is 3.57. The largest absolute Gasteiger partial charge is 0.465 e. The molecule has 0 fully saturated rings. The van der Waals surface area contributed by atoms with Gasteiger partial charge in [0.25, 0.3) is 0 Å². The Morgan fingerprint density at radius 1 is 1.31 bits per heavy atom. The van der Waals surface area contributed by atoms with E-state index in [1.807, 2.05) is 19.1 Å². The highest BCUT2D eigenvalue weighted by Gasteiger charge is 2.17. The van der Waals surface area contributed by atoms with Crippen LogP contribution < -0.4 is 5.32 Å². The second-order valence-corrected chi connectivity index (χ2v) is 4.14. The Hall–Kier alpha value is -0.800. The molecular formula is C13H23NO2. The summed E-state index contributed by atoms with van der Waals surface area (Å²) < 4.78 is 10.9. The van der Waals surface area contributed by atoms with Crippen molar-refractivity contribution in [1.82, 2.24) is 5.32 Å². The molecule has 1 N–H and O–H groups in total. The topological polar surface area (TPSA) is 34.4 Å². The van der Waals surface area contributed by atoms with E-state index in [1.165, 1.54) is 0 Å². The third-order valence-corrected chi connectivity index (χ3v) is 2.86. The fourth-order valence-corrected chi connectivity index (χ4v) is 1.83. The molecule has 0 saturated heterocycles. The molecule has 92 valence electrons. The van der Waals surface area contributed by atoms with Crippen LogP contribution in [0.15, 0.2) is 16.5 Å². The quantitative estimate of drug-likeness (QED) is 0.774. The first kappa shape index (κ1) is 13.3. The Bertz CT molecular complexity index is 292. The Labute approximate surface area is 98.2 Å². The average Bonchev–Trinajstić information content (AvgIpc) is 2.71. The van der Waals surface area contributed by atoms with Gasteiger partial charge in [-0.1, -0.05) is 13.8 Å². The highest BCUT2D eigenvalue weighted by molar-refractivity contribution is 5.10. The van der Waals surface area contributed by atoms with Crippen LogP contribution in [0.5, 0.6) is 0 Å². The van der Waals surface area contributed by atoms with E-state index >= 15 is 0 Å². The van der Waals surface area contributed by atoms with Gasteiger partial charge in [0.1, 0.15) is 11.5 Å². The van der Waals surface area contributed by atoms with E-state index in [0.29, 0.717) is 12.6 Å². The molecule has 0 bridgehead atoms. The average molecular weight is 225 g/mol. The van der Waals surface area contributed by atoms with Gasteiger partial charge in [-0.25, -0.2) is 0 Å². The molecule has 1 heterocycles. The van der Waals surface area contributed by atoms with Gasteiger partial charge in [0, 0.05) is 13.2 Å². The molecule has 1 aromatic rings. The maximum absolute atomic E-state index is 5.65. The minimum Gasteiger partial charge on any atom is -0.465 e. The van der Waals surface area contributed by atoms with E-state index in [0.717, 1.165) is 24.4 Å². The van der Waals surface area contributed by atoms with E-state index < -0.39 is 0 Å². The molecule has 0 radical (unpaired) electrons. The van der Waals surface area contributed by atoms with Crippen LogP contribution in [0, 0.1) is 6.92 Å². The lowest BCUT2D eigenvalue weighted by Crippen LogP contribution is -2.34. The molecule has 0 aliphatic rings. The number of hydrogen-bond acceptors (Lipinski definition) is 3. The summed E-state index contributed by atoms with van der Waals surface area (Å²) in [6.07, 6.45) is 2.24. The summed E-state index contributed by atoms with van der Waals surface area (Å²) in [7, 11) is 1.72. The number of nitrogens with one attached hydrogen (secondary N) is 1. The molecule has 0 aromatic carbocycles. The molecule has 0 aliphatic carbocycles. The van der Waals surface area contributed by atoms with Gasteiger partial charge in [0.2, 0.25) is 0 Å². The van der Waals surface area contributed by atoms with Gasteiger partial charge >= 0.3 is 0 Å². The van der Waals surface area contributed by atoms with Crippen molar-refractivity contribution >= 4 is 0 Å². The van der Waals surface area contributed by atoms with Gasteiger partial charge in [0.05, 0.1) is 12.6 Å². The molecule has 3 heteroatoms. The summed E-state index contributed by atoms with van der Waals surface area (Å²) in [4.78, 5) is 0. The van der Waals surface area contributed by atoms with Crippen molar-refractivity contribution in [2.45, 2.75) is 45.7 Å². The van der Waals surface area contributed by atoms with Crippen molar-refractivity contribution in [3.05, 3.63) is 23.7 Å². The second kappa shape index (κ2) is 6.71. The van der Waals surface area contributed by atoms with Crippen molar-refractivity contribution < 1.29 is 9.15 Å². The smallest absolute Gasteiger partial charge is 0.123 e. The lowest BCUT2D eigenvalue weighted by Gasteiger charge is -2.22. The number of hydrogen-bond donors (Lipinski definition) is 1. The van der Waals surface area contributed by atoms with Crippen molar-refractivity contribution in [1.29, 1.82) is 0 Å². The highest BCUT2D eigenvalue weighted by Crippen LogP contribution is 2.18. The van der Waals surface area contributed by atoms with Crippen LogP contribution in [-0.2, 0) is 4.74 Å². The first-order valence-electron chi connectivity index (χ1n) is 6.02. The van der Waals surface area contributed by atoms with Crippen molar-refractivity contribution in [2.75, 3.05) is 13.7 Å². The number of ether oxygens (including phenoxy) is 1. The minimum atomic E-state index is 0.156. The van der Waals surface area contributed by atoms with Crippen LogP contribution in [-0.4, -0.2) is 19.8 Å². The van der Waals surface area contributed by atoms with E-state index in [1.54, 1.807) is 7.11 Å². The van der Waals surface area contributed by atoms with Crippen LogP contribution in [0.1, 0.15) is 44.3 Å². The lowest BCUT2D eigenvalue weighted by atomic mass is 10.1. The number of aryl methyl sites for hydroxylation is 1. The van der Waals surface area contributed by atoms with Crippen LogP contribution in [0.4, 0.5) is 0 Å². The summed E-state index contributed by atoms with van der Waals surface area (Å²) in [6, 6.07) is 4.69. The van der Waals surface area contributed by atoms with Gasteiger partial charge in [0.15, 0.2) is 0 Å². The van der Waals surface area contributed by atoms with Gasteiger partial charge in [-0.2, -0.15) is 0 Å². The zero-order valence-electron chi connectivity index (χ0n) is 10.7. The molecule has 0 aliphatic heterocycles. The van der Waals surface area contributed by atoms with E-state index in [-0.39, 0.29) is 6.04 Å². The van der Waals surface area contributed by atoms with Gasteiger partial charge in [-0.3, -0.25) is 0 Å². The van der Waals surface area contributed by atoms with E-state index in [4.69, 9.17) is 9.15 Å². The Morgan fingerprint density at radius 3 is 2.44 bits per heavy atom. The number of methoxy groups -OCH3 is 1. The SMILES string of the molecule is CCC(CC)NC(COC)c1ccc(C)o1. The maximum Gasteiger partial charge on any atom is 0.123 e. The van der Waals surface area contributed by atoms with E-state index in [9.17, 15) is 0 Å². The molecule has 1 unspecified atom stereocenters.